The lowest BCUT2D eigenvalue weighted by Gasteiger charge is -1.98. The third-order valence-electron chi connectivity index (χ3n) is 3.52. The van der Waals surface area contributed by atoms with E-state index in [1.54, 1.807) is 18.3 Å². The molecular formula is C15H9N3O2. The molecule has 0 saturated heterocycles. The van der Waals surface area contributed by atoms with E-state index in [0.29, 0.717) is 11.0 Å². The van der Waals surface area contributed by atoms with E-state index >= 15 is 0 Å². The first-order chi connectivity index (χ1) is 9.75. The second-order valence-electron chi connectivity index (χ2n) is 4.61. The predicted octanol–water partition coefficient (Wildman–Crippen LogP) is 2.96. The second kappa shape index (κ2) is 3.77. The molecule has 5 nitrogen and oxygen atoms in total. The number of carbonyl (C=O) groups is 1. The molecular weight excluding hydrogens is 254 g/mol. The molecule has 0 saturated carbocycles. The number of carboxylic acids is 1. The molecule has 0 atom stereocenters. The number of H-pyrrole nitrogens is 1. The standard InChI is InChI=1S/C15H9N3O2/c19-15(20)11-3-1-2-10-9(11)5-4-8-6-7-16-14-12(8)13(10)17-18-14/h1-7H,(H,19,20)(H,16,17,18). The molecule has 0 fully saturated rings. The zero-order valence-corrected chi connectivity index (χ0v) is 10.3. The van der Waals surface area contributed by atoms with Crippen LogP contribution in [0.2, 0.25) is 0 Å². The number of aromatic nitrogens is 3. The summed E-state index contributed by atoms with van der Waals surface area (Å²) in [5.74, 6) is -0.945. The summed E-state index contributed by atoms with van der Waals surface area (Å²) in [5, 5.41) is 21.0. The quantitative estimate of drug-likeness (QED) is 0.553. The van der Waals surface area contributed by atoms with Gasteiger partial charge in [-0.3, -0.25) is 0 Å². The van der Waals surface area contributed by atoms with Gasteiger partial charge in [0.25, 0.3) is 0 Å². The Hall–Kier alpha value is -2.95. The van der Waals surface area contributed by atoms with Gasteiger partial charge in [-0.05, 0) is 22.9 Å². The van der Waals surface area contributed by atoms with E-state index in [4.69, 9.17) is 0 Å². The highest BCUT2D eigenvalue weighted by Gasteiger charge is 2.13. The number of fused-ring (bicyclic) bond motifs is 2. The van der Waals surface area contributed by atoms with Crippen molar-refractivity contribution in [3.05, 3.63) is 48.2 Å². The van der Waals surface area contributed by atoms with E-state index < -0.39 is 5.97 Å². The molecule has 0 aliphatic carbocycles. The van der Waals surface area contributed by atoms with E-state index in [0.717, 1.165) is 21.7 Å². The first-order valence-corrected chi connectivity index (χ1v) is 6.14. The molecule has 2 aromatic heterocycles. The Morgan fingerprint density at radius 2 is 1.95 bits per heavy atom. The maximum atomic E-state index is 11.4. The maximum Gasteiger partial charge on any atom is 0.336 e. The Labute approximate surface area is 112 Å². The number of nitrogens with zero attached hydrogens (tertiary/aromatic N) is 2. The predicted molar refractivity (Wildman–Crippen MR) is 75.9 cm³/mol. The number of aromatic carboxylic acids is 1. The molecule has 5 heteroatoms. The topological polar surface area (TPSA) is 78.9 Å². The van der Waals surface area contributed by atoms with Gasteiger partial charge in [-0.15, -0.1) is 10.2 Å². The summed E-state index contributed by atoms with van der Waals surface area (Å²) in [6.07, 6.45) is 1.80. The lowest BCUT2D eigenvalue weighted by molar-refractivity contribution is 0.0699. The Morgan fingerprint density at radius 1 is 1.05 bits per heavy atom. The molecule has 0 aliphatic rings. The normalized spacial score (nSPS) is 11.4. The van der Waals surface area contributed by atoms with Gasteiger partial charge in [-0.1, -0.05) is 24.3 Å². The zero-order chi connectivity index (χ0) is 13.7. The second-order valence-corrected chi connectivity index (χ2v) is 4.61. The third kappa shape index (κ3) is 1.34. The van der Waals surface area contributed by atoms with Crippen LogP contribution in [0.4, 0.5) is 0 Å². The van der Waals surface area contributed by atoms with Crippen molar-refractivity contribution in [3.63, 3.8) is 0 Å². The van der Waals surface area contributed by atoms with E-state index in [1.807, 2.05) is 24.3 Å². The maximum absolute atomic E-state index is 11.4. The van der Waals surface area contributed by atoms with Crippen molar-refractivity contribution >= 4 is 38.7 Å². The van der Waals surface area contributed by atoms with Crippen molar-refractivity contribution in [1.29, 1.82) is 0 Å². The molecule has 0 amide bonds. The highest BCUT2D eigenvalue weighted by Crippen LogP contribution is 2.29. The van der Waals surface area contributed by atoms with Crippen LogP contribution in [0.3, 0.4) is 0 Å². The lowest BCUT2D eigenvalue weighted by atomic mass is 10.1. The Kier molecular flexibility index (Phi) is 2.06. The van der Waals surface area contributed by atoms with Crippen LogP contribution in [0.1, 0.15) is 10.4 Å². The van der Waals surface area contributed by atoms with Crippen LogP contribution in [-0.2, 0) is 0 Å². The van der Waals surface area contributed by atoms with Crippen LogP contribution in [0.5, 0.6) is 0 Å². The summed E-state index contributed by atoms with van der Waals surface area (Å²) in [7, 11) is 0. The van der Waals surface area contributed by atoms with E-state index in [9.17, 15) is 9.90 Å². The minimum Gasteiger partial charge on any atom is -0.478 e. The van der Waals surface area contributed by atoms with Gasteiger partial charge in [0.15, 0.2) is 5.65 Å². The van der Waals surface area contributed by atoms with Gasteiger partial charge in [0.2, 0.25) is 0 Å². The number of rotatable bonds is 1. The summed E-state index contributed by atoms with van der Waals surface area (Å²) in [6.45, 7) is 0. The summed E-state index contributed by atoms with van der Waals surface area (Å²) >= 11 is 0. The molecule has 0 radical (unpaired) electrons. The van der Waals surface area contributed by atoms with Gasteiger partial charge in [0, 0.05) is 11.6 Å². The summed E-state index contributed by atoms with van der Waals surface area (Å²) in [6, 6.07) is 10.9. The first-order valence-electron chi connectivity index (χ1n) is 6.14. The SMILES string of the molecule is O=C(O)c1cccc2c1ccc1cc[nH]c3nnc2c13. The van der Waals surface area contributed by atoms with Crippen LogP contribution in [-0.4, -0.2) is 26.3 Å². The van der Waals surface area contributed by atoms with Crippen molar-refractivity contribution in [2.45, 2.75) is 0 Å². The highest BCUT2D eigenvalue weighted by atomic mass is 16.4. The molecule has 0 spiro atoms. The largest absolute Gasteiger partial charge is 0.478 e. The van der Waals surface area contributed by atoms with Crippen LogP contribution in [0.15, 0.2) is 42.6 Å². The molecule has 0 aliphatic heterocycles. The molecule has 4 rings (SSSR count). The fraction of sp³-hybridized carbons (Fsp3) is 0. The molecule has 0 unspecified atom stereocenters. The Morgan fingerprint density at radius 3 is 2.80 bits per heavy atom. The molecule has 96 valence electrons. The van der Waals surface area contributed by atoms with Crippen molar-refractivity contribution < 1.29 is 9.90 Å². The van der Waals surface area contributed by atoms with Crippen LogP contribution in [0, 0.1) is 0 Å². The number of hydrogen-bond acceptors (Lipinski definition) is 3. The van der Waals surface area contributed by atoms with Crippen LogP contribution >= 0.6 is 0 Å². The molecule has 0 bridgehead atoms. The van der Waals surface area contributed by atoms with Gasteiger partial charge < -0.3 is 10.1 Å². The van der Waals surface area contributed by atoms with E-state index in [-0.39, 0.29) is 5.56 Å². The van der Waals surface area contributed by atoms with Crippen molar-refractivity contribution in [1.82, 2.24) is 15.2 Å². The average Bonchev–Trinajstić information content (AvgIpc) is 2.81. The van der Waals surface area contributed by atoms with Crippen molar-refractivity contribution in [3.8, 4) is 0 Å². The van der Waals surface area contributed by atoms with Gasteiger partial charge in [0.1, 0.15) is 5.52 Å². The summed E-state index contributed by atoms with van der Waals surface area (Å²) in [5.41, 5.74) is 1.69. The summed E-state index contributed by atoms with van der Waals surface area (Å²) < 4.78 is 0. The van der Waals surface area contributed by atoms with E-state index in [1.165, 1.54) is 0 Å². The summed E-state index contributed by atoms with van der Waals surface area (Å²) in [4.78, 5) is 14.4. The monoisotopic (exact) mass is 263 g/mol. The number of hydrogen-bond donors (Lipinski definition) is 2. The molecule has 20 heavy (non-hydrogen) atoms. The lowest BCUT2D eigenvalue weighted by Crippen LogP contribution is -1.96. The van der Waals surface area contributed by atoms with E-state index in [2.05, 4.69) is 15.2 Å². The molecule has 4 aromatic rings. The van der Waals surface area contributed by atoms with Crippen molar-refractivity contribution in [2.24, 2.45) is 0 Å². The van der Waals surface area contributed by atoms with Crippen LogP contribution in [0.25, 0.3) is 32.7 Å². The fourth-order valence-electron chi connectivity index (χ4n) is 2.62. The van der Waals surface area contributed by atoms with Gasteiger partial charge >= 0.3 is 5.97 Å². The van der Waals surface area contributed by atoms with Crippen LogP contribution < -0.4 is 0 Å². The number of nitrogens with one attached hydrogen (secondary N) is 1. The number of carboxylic acid groups (broad SMARTS) is 1. The number of benzene rings is 1. The van der Waals surface area contributed by atoms with Gasteiger partial charge in [-0.25, -0.2) is 4.79 Å². The first kappa shape index (κ1) is 10.9. The van der Waals surface area contributed by atoms with Gasteiger partial charge in [0.05, 0.1) is 10.9 Å². The minimum atomic E-state index is -0.945. The highest BCUT2D eigenvalue weighted by molar-refractivity contribution is 6.18. The average molecular weight is 263 g/mol. The molecule has 2 aromatic carbocycles. The number of aromatic amines is 1. The Balaban J connectivity index is 2.36. The molecule has 2 heterocycles. The number of pyridine rings is 1. The van der Waals surface area contributed by atoms with Gasteiger partial charge in [-0.2, -0.15) is 0 Å². The van der Waals surface area contributed by atoms with Crippen molar-refractivity contribution in [2.75, 3.05) is 0 Å². The minimum absolute atomic E-state index is 0.270. The zero-order valence-electron chi connectivity index (χ0n) is 10.3. The smallest absolute Gasteiger partial charge is 0.336 e. The molecule has 2 N–H and O–H groups in total. The Bertz CT molecular complexity index is 988. The third-order valence-corrected chi connectivity index (χ3v) is 3.52. The fourth-order valence-corrected chi connectivity index (χ4v) is 2.62.